The minimum atomic E-state index is -0.721. The number of carbonyl (C=O) groups is 1. The SMILES string of the molecule is CNc1cc(C(=O)Nc2cc(F)c(C)cc2F)c(Cl)cn1. The number of hydrogen-bond donors (Lipinski definition) is 2. The van der Waals surface area contributed by atoms with Gasteiger partial charge in [0.25, 0.3) is 5.91 Å². The second kappa shape index (κ2) is 6.05. The molecule has 1 heterocycles. The van der Waals surface area contributed by atoms with Gasteiger partial charge in [-0.1, -0.05) is 11.6 Å². The Labute approximate surface area is 125 Å². The van der Waals surface area contributed by atoms with Crippen molar-refractivity contribution in [1.82, 2.24) is 4.98 Å². The normalized spacial score (nSPS) is 10.3. The van der Waals surface area contributed by atoms with Gasteiger partial charge in [-0.2, -0.15) is 0 Å². The van der Waals surface area contributed by atoms with Crippen LogP contribution in [0.25, 0.3) is 0 Å². The number of aryl methyl sites for hydroxylation is 1. The molecule has 0 unspecified atom stereocenters. The summed E-state index contributed by atoms with van der Waals surface area (Å²) in [6.07, 6.45) is 1.30. The van der Waals surface area contributed by atoms with Crippen LogP contribution in [0.1, 0.15) is 15.9 Å². The maximum Gasteiger partial charge on any atom is 0.257 e. The van der Waals surface area contributed by atoms with Crippen LogP contribution >= 0.6 is 11.6 Å². The molecule has 2 N–H and O–H groups in total. The summed E-state index contributed by atoms with van der Waals surface area (Å²) in [5, 5.41) is 5.16. The molecule has 2 aromatic rings. The first-order valence-electron chi connectivity index (χ1n) is 6.02. The molecule has 0 spiro atoms. The summed E-state index contributed by atoms with van der Waals surface area (Å²) in [6, 6.07) is 3.36. The van der Waals surface area contributed by atoms with Crippen LogP contribution in [-0.4, -0.2) is 17.9 Å². The molecule has 21 heavy (non-hydrogen) atoms. The molecular weight excluding hydrogens is 300 g/mol. The van der Waals surface area contributed by atoms with Gasteiger partial charge in [0.2, 0.25) is 0 Å². The first-order chi connectivity index (χ1) is 9.92. The number of pyridine rings is 1. The number of benzene rings is 1. The van der Waals surface area contributed by atoms with Crippen molar-refractivity contribution in [3.8, 4) is 0 Å². The summed E-state index contributed by atoms with van der Waals surface area (Å²) in [5.74, 6) is -1.55. The Bertz CT molecular complexity index is 707. The number of anilines is 2. The zero-order chi connectivity index (χ0) is 15.6. The Morgan fingerprint density at radius 1 is 1.24 bits per heavy atom. The van der Waals surface area contributed by atoms with E-state index >= 15 is 0 Å². The van der Waals surface area contributed by atoms with Crippen LogP contribution < -0.4 is 10.6 Å². The van der Waals surface area contributed by atoms with Crippen LogP contribution in [0.5, 0.6) is 0 Å². The maximum absolute atomic E-state index is 13.7. The van der Waals surface area contributed by atoms with Crippen molar-refractivity contribution in [3.05, 3.63) is 52.2 Å². The van der Waals surface area contributed by atoms with Crippen molar-refractivity contribution in [2.45, 2.75) is 6.92 Å². The smallest absolute Gasteiger partial charge is 0.257 e. The van der Waals surface area contributed by atoms with E-state index in [1.165, 1.54) is 19.2 Å². The molecule has 0 atom stereocenters. The van der Waals surface area contributed by atoms with Gasteiger partial charge >= 0.3 is 0 Å². The molecule has 2 rings (SSSR count). The van der Waals surface area contributed by atoms with Crippen LogP contribution in [0.2, 0.25) is 5.02 Å². The van der Waals surface area contributed by atoms with Gasteiger partial charge in [-0.3, -0.25) is 4.79 Å². The Balaban J connectivity index is 2.32. The highest BCUT2D eigenvalue weighted by molar-refractivity contribution is 6.34. The third kappa shape index (κ3) is 3.28. The predicted molar refractivity (Wildman–Crippen MR) is 77.8 cm³/mol. The molecule has 110 valence electrons. The van der Waals surface area contributed by atoms with Crippen LogP contribution in [0.15, 0.2) is 24.4 Å². The third-order valence-corrected chi connectivity index (χ3v) is 3.15. The lowest BCUT2D eigenvalue weighted by Gasteiger charge is -2.10. The molecule has 1 aromatic carbocycles. The molecule has 0 fully saturated rings. The molecule has 1 amide bonds. The average molecular weight is 312 g/mol. The zero-order valence-corrected chi connectivity index (χ0v) is 12.1. The van der Waals surface area contributed by atoms with E-state index in [2.05, 4.69) is 15.6 Å². The van der Waals surface area contributed by atoms with Crippen molar-refractivity contribution in [2.24, 2.45) is 0 Å². The first kappa shape index (κ1) is 15.2. The van der Waals surface area contributed by atoms with E-state index < -0.39 is 17.5 Å². The van der Waals surface area contributed by atoms with E-state index in [9.17, 15) is 13.6 Å². The molecule has 4 nitrogen and oxygen atoms in total. The Kier molecular flexibility index (Phi) is 4.37. The van der Waals surface area contributed by atoms with Gasteiger partial charge in [-0.05, 0) is 24.6 Å². The lowest BCUT2D eigenvalue weighted by molar-refractivity contribution is 0.102. The highest BCUT2D eigenvalue weighted by atomic mass is 35.5. The Morgan fingerprint density at radius 2 is 1.95 bits per heavy atom. The molecule has 0 aliphatic rings. The molecule has 1 aromatic heterocycles. The summed E-state index contributed by atoms with van der Waals surface area (Å²) >= 11 is 5.89. The van der Waals surface area contributed by atoms with Gasteiger partial charge in [0.05, 0.1) is 16.3 Å². The lowest BCUT2D eigenvalue weighted by atomic mass is 10.2. The molecule has 7 heteroatoms. The third-order valence-electron chi connectivity index (χ3n) is 2.85. The average Bonchev–Trinajstić information content (AvgIpc) is 2.45. The second-order valence-electron chi connectivity index (χ2n) is 4.33. The quantitative estimate of drug-likeness (QED) is 0.910. The largest absolute Gasteiger partial charge is 0.373 e. The van der Waals surface area contributed by atoms with E-state index in [1.807, 2.05) is 0 Å². The van der Waals surface area contributed by atoms with Gasteiger partial charge < -0.3 is 10.6 Å². The number of carbonyl (C=O) groups excluding carboxylic acids is 1. The van der Waals surface area contributed by atoms with Crippen molar-refractivity contribution < 1.29 is 13.6 Å². The first-order valence-corrected chi connectivity index (χ1v) is 6.40. The fourth-order valence-corrected chi connectivity index (χ4v) is 1.87. The van der Waals surface area contributed by atoms with Crippen LogP contribution in [0.4, 0.5) is 20.3 Å². The number of nitrogens with one attached hydrogen (secondary N) is 2. The second-order valence-corrected chi connectivity index (χ2v) is 4.74. The maximum atomic E-state index is 13.7. The Hall–Kier alpha value is -2.21. The standard InChI is InChI=1S/C14H12ClF2N3O/c1-7-3-11(17)12(5-10(7)16)20-14(21)8-4-13(18-2)19-6-9(8)15/h3-6H,1-2H3,(H,18,19)(H,20,21). The lowest BCUT2D eigenvalue weighted by Crippen LogP contribution is -2.14. The monoisotopic (exact) mass is 311 g/mol. The van der Waals surface area contributed by atoms with Gasteiger partial charge in [0.1, 0.15) is 17.5 Å². The molecule has 0 saturated carbocycles. The molecule has 0 radical (unpaired) electrons. The van der Waals surface area contributed by atoms with Crippen LogP contribution in [0.3, 0.4) is 0 Å². The van der Waals surface area contributed by atoms with E-state index in [0.717, 1.165) is 12.1 Å². The van der Waals surface area contributed by atoms with Gasteiger partial charge in [-0.25, -0.2) is 13.8 Å². The van der Waals surface area contributed by atoms with Crippen LogP contribution in [0, 0.1) is 18.6 Å². The molecular formula is C14H12ClF2N3O. The zero-order valence-electron chi connectivity index (χ0n) is 11.3. The molecule has 0 bridgehead atoms. The van der Waals surface area contributed by atoms with Crippen molar-refractivity contribution in [2.75, 3.05) is 17.7 Å². The summed E-state index contributed by atoms with van der Waals surface area (Å²) < 4.78 is 27.2. The van der Waals surface area contributed by atoms with Gasteiger partial charge in [0.15, 0.2) is 0 Å². The molecule has 0 aliphatic carbocycles. The van der Waals surface area contributed by atoms with Crippen molar-refractivity contribution in [3.63, 3.8) is 0 Å². The molecule has 0 aliphatic heterocycles. The van der Waals surface area contributed by atoms with Crippen LogP contribution in [-0.2, 0) is 0 Å². The minimum Gasteiger partial charge on any atom is -0.373 e. The Morgan fingerprint density at radius 3 is 2.62 bits per heavy atom. The highest BCUT2D eigenvalue weighted by Crippen LogP contribution is 2.22. The number of amides is 1. The highest BCUT2D eigenvalue weighted by Gasteiger charge is 2.15. The van der Waals surface area contributed by atoms with E-state index in [-0.39, 0.29) is 21.8 Å². The van der Waals surface area contributed by atoms with E-state index in [4.69, 9.17) is 11.6 Å². The molecule has 0 saturated heterocycles. The van der Waals surface area contributed by atoms with Crippen molar-refractivity contribution in [1.29, 1.82) is 0 Å². The van der Waals surface area contributed by atoms with Crippen molar-refractivity contribution >= 4 is 29.0 Å². The predicted octanol–water partition coefficient (Wildman–Crippen LogP) is 3.62. The van der Waals surface area contributed by atoms with Gasteiger partial charge in [0, 0.05) is 19.3 Å². The van der Waals surface area contributed by atoms with Gasteiger partial charge in [-0.15, -0.1) is 0 Å². The number of rotatable bonds is 3. The topological polar surface area (TPSA) is 54.0 Å². The van der Waals surface area contributed by atoms with E-state index in [1.54, 1.807) is 7.05 Å². The number of hydrogen-bond acceptors (Lipinski definition) is 3. The summed E-state index contributed by atoms with van der Waals surface area (Å²) in [6.45, 7) is 1.43. The number of nitrogens with zero attached hydrogens (tertiary/aromatic N) is 1. The summed E-state index contributed by atoms with van der Waals surface area (Å²) in [4.78, 5) is 16.0. The fraction of sp³-hybridized carbons (Fsp3) is 0.143. The fourth-order valence-electron chi connectivity index (χ4n) is 1.68. The summed E-state index contributed by atoms with van der Waals surface area (Å²) in [5.41, 5.74) is 0.0169. The summed E-state index contributed by atoms with van der Waals surface area (Å²) in [7, 11) is 1.63. The number of aromatic nitrogens is 1. The minimum absolute atomic E-state index is 0.108. The van der Waals surface area contributed by atoms with E-state index in [0.29, 0.717) is 5.82 Å². The number of halogens is 3.